The molecule has 0 atom stereocenters. The molecule has 0 amide bonds. The number of fused-ring (bicyclic) bond motifs is 1. The molecule has 0 fully saturated rings. The number of carbonyl (C=O) groups excluding carboxylic acids is 1. The van der Waals surface area contributed by atoms with E-state index in [0.717, 1.165) is 16.3 Å². The van der Waals surface area contributed by atoms with Gasteiger partial charge in [0.05, 0.1) is 5.56 Å². The van der Waals surface area contributed by atoms with Gasteiger partial charge >= 0.3 is 5.97 Å². The number of amidine groups is 1. The Labute approximate surface area is 181 Å². The molecule has 4 aromatic carbocycles. The minimum atomic E-state index is -0.440. The van der Waals surface area contributed by atoms with Gasteiger partial charge in [-0.3, -0.25) is 5.41 Å². The molecule has 0 unspecified atom stereocenters. The molecule has 0 aliphatic rings. The summed E-state index contributed by atoms with van der Waals surface area (Å²) in [6, 6.07) is 27.6. The number of esters is 1. The molecule has 0 radical (unpaired) electrons. The highest BCUT2D eigenvalue weighted by atomic mass is 16.5. The molecular weight excluding hydrogens is 388 g/mol. The van der Waals surface area contributed by atoms with Crippen LogP contribution >= 0.6 is 0 Å². The lowest BCUT2D eigenvalue weighted by atomic mass is 10.1. The van der Waals surface area contributed by atoms with Crippen LogP contribution in [0, 0.1) is 5.41 Å². The maximum Gasteiger partial charge on any atom is 0.343 e. The molecule has 0 aliphatic carbocycles. The summed E-state index contributed by atoms with van der Waals surface area (Å²) in [7, 11) is 0. The van der Waals surface area contributed by atoms with Gasteiger partial charge in [0.1, 0.15) is 23.9 Å². The topological polar surface area (TPSA) is 85.4 Å². The Hall–Kier alpha value is -4.12. The standard InChI is InChI=1S/C25H20N2O3.CH4/c26-24(27)21-7-6-20-15-23(13-10-19(20)14-21)30-25(28)18-8-11-22(12-9-18)29-16-17-4-2-1-3-5-17;/h1-15H,16H2,(H3,26,27);1H4. The van der Waals surface area contributed by atoms with Gasteiger partial charge in [-0.15, -0.1) is 0 Å². The summed E-state index contributed by atoms with van der Waals surface area (Å²) in [4.78, 5) is 12.5. The van der Waals surface area contributed by atoms with Crippen LogP contribution in [-0.4, -0.2) is 11.8 Å². The summed E-state index contributed by atoms with van der Waals surface area (Å²) in [5, 5.41) is 9.34. The van der Waals surface area contributed by atoms with Crippen molar-refractivity contribution in [1.29, 1.82) is 5.41 Å². The van der Waals surface area contributed by atoms with E-state index in [1.807, 2.05) is 48.5 Å². The zero-order valence-electron chi connectivity index (χ0n) is 16.2. The molecule has 0 bridgehead atoms. The van der Waals surface area contributed by atoms with E-state index < -0.39 is 5.97 Å². The number of hydrogen-bond acceptors (Lipinski definition) is 4. The summed E-state index contributed by atoms with van der Waals surface area (Å²) < 4.78 is 11.3. The lowest BCUT2D eigenvalue weighted by molar-refractivity contribution is 0.0735. The molecule has 5 heteroatoms. The van der Waals surface area contributed by atoms with Gasteiger partial charge < -0.3 is 15.2 Å². The van der Waals surface area contributed by atoms with Gasteiger partial charge in [0.15, 0.2) is 0 Å². The third-order valence-corrected chi connectivity index (χ3v) is 4.67. The van der Waals surface area contributed by atoms with E-state index >= 15 is 0 Å². The van der Waals surface area contributed by atoms with Gasteiger partial charge in [0.2, 0.25) is 0 Å². The van der Waals surface area contributed by atoms with Crippen molar-refractivity contribution in [1.82, 2.24) is 0 Å². The first-order valence-electron chi connectivity index (χ1n) is 9.46. The zero-order chi connectivity index (χ0) is 20.9. The number of benzene rings is 4. The fourth-order valence-electron chi connectivity index (χ4n) is 3.05. The van der Waals surface area contributed by atoms with Crippen LogP contribution in [0.1, 0.15) is 28.9 Å². The van der Waals surface area contributed by atoms with Crippen LogP contribution in [0.15, 0.2) is 91.0 Å². The zero-order valence-corrected chi connectivity index (χ0v) is 16.2. The summed E-state index contributed by atoms with van der Waals surface area (Å²) in [6.45, 7) is 0.465. The van der Waals surface area contributed by atoms with E-state index in [1.54, 1.807) is 42.5 Å². The first-order chi connectivity index (χ1) is 14.6. The third-order valence-electron chi connectivity index (χ3n) is 4.67. The van der Waals surface area contributed by atoms with Crippen LogP contribution in [0.3, 0.4) is 0 Å². The molecule has 5 nitrogen and oxygen atoms in total. The first-order valence-corrected chi connectivity index (χ1v) is 9.46. The van der Waals surface area contributed by atoms with Crippen LogP contribution in [0.2, 0.25) is 0 Å². The summed E-state index contributed by atoms with van der Waals surface area (Å²) in [6.07, 6.45) is 0. The van der Waals surface area contributed by atoms with Crippen LogP contribution in [0.25, 0.3) is 10.8 Å². The van der Waals surface area contributed by atoms with Gasteiger partial charge in [-0.05, 0) is 58.8 Å². The van der Waals surface area contributed by atoms with E-state index in [1.165, 1.54) is 0 Å². The molecule has 4 aromatic rings. The highest BCUT2D eigenvalue weighted by Gasteiger charge is 2.10. The van der Waals surface area contributed by atoms with E-state index in [9.17, 15) is 4.79 Å². The molecule has 0 heterocycles. The van der Waals surface area contributed by atoms with Crippen molar-refractivity contribution in [2.45, 2.75) is 14.0 Å². The maximum atomic E-state index is 12.5. The Morgan fingerprint density at radius 2 is 1.39 bits per heavy atom. The highest BCUT2D eigenvalue weighted by molar-refractivity contribution is 5.99. The Bertz CT molecular complexity index is 1200. The molecule has 156 valence electrons. The molecular formula is C26H24N2O3. The minimum absolute atomic E-state index is 0. The molecule has 0 aromatic heterocycles. The number of carbonyl (C=O) groups is 1. The van der Waals surface area contributed by atoms with Gasteiger partial charge in [-0.25, -0.2) is 4.79 Å². The summed E-state index contributed by atoms with van der Waals surface area (Å²) in [5.41, 5.74) is 7.70. The second-order valence-corrected chi connectivity index (χ2v) is 6.83. The number of hydrogen-bond donors (Lipinski definition) is 2. The van der Waals surface area contributed by atoms with Crippen LogP contribution < -0.4 is 15.2 Å². The smallest absolute Gasteiger partial charge is 0.343 e. The minimum Gasteiger partial charge on any atom is -0.489 e. The SMILES string of the molecule is C.N=C(N)c1ccc2cc(OC(=O)c3ccc(OCc4ccccc4)cc3)ccc2c1. The number of rotatable bonds is 6. The third kappa shape index (κ3) is 5.28. The molecule has 0 spiro atoms. The van der Waals surface area contributed by atoms with E-state index in [4.69, 9.17) is 20.6 Å². The Morgan fingerprint density at radius 1 is 0.774 bits per heavy atom. The van der Waals surface area contributed by atoms with Crippen LogP contribution in [0.4, 0.5) is 0 Å². The van der Waals surface area contributed by atoms with Crippen molar-refractivity contribution in [2.24, 2.45) is 5.73 Å². The molecule has 3 N–H and O–H groups in total. The fraction of sp³-hybridized carbons (Fsp3) is 0.0769. The Balaban J connectivity index is 0.00000272. The predicted octanol–water partition coefficient (Wildman–Crippen LogP) is 5.56. The van der Waals surface area contributed by atoms with E-state index in [2.05, 4.69) is 0 Å². The van der Waals surface area contributed by atoms with Gasteiger partial charge in [-0.1, -0.05) is 56.0 Å². The molecule has 0 aliphatic heterocycles. The second-order valence-electron chi connectivity index (χ2n) is 6.83. The highest BCUT2D eigenvalue weighted by Crippen LogP contribution is 2.23. The summed E-state index contributed by atoms with van der Waals surface area (Å²) >= 11 is 0. The lowest BCUT2D eigenvalue weighted by Crippen LogP contribution is -2.10. The average Bonchev–Trinajstić information content (AvgIpc) is 2.78. The largest absolute Gasteiger partial charge is 0.489 e. The number of nitrogen functional groups attached to an aromatic ring is 1. The van der Waals surface area contributed by atoms with Gasteiger partial charge in [0, 0.05) is 5.56 Å². The van der Waals surface area contributed by atoms with Crippen molar-refractivity contribution < 1.29 is 14.3 Å². The number of ether oxygens (including phenoxy) is 2. The molecule has 0 saturated heterocycles. The molecule has 4 rings (SSSR count). The predicted molar refractivity (Wildman–Crippen MR) is 124 cm³/mol. The second kappa shape index (κ2) is 9.59. The van der Waals surface area contributed by atoms with Crippen molar-refractivity contribution >= 4 is 22.6 Å². The average molecular weight is 412 g/mol. The Kier molecular flexibility index (Phi) is 6.67. The van der Waals surface area contributed by atoms with E-state index in [0.29, 0.717) is 29.2 Å². The van der Waals surface area contributed by atoms with Gasteiger partial charge in [0.25, 0.3) is 0 Å². The van der Waals surface area contributed by atoms with Crippen molar-refractivity contribution in [2.75, 3.05) is 0 Å². The van der Waals surface area contributed by atoms with Crippen molar-refractivity contribution in [3.8, 4) is 11.5 Å². The monoisotopic (exact) mass is 412 g/mol. The lowest BCUT2D eigenvalue weighted by Gasteiger charge is -2.09. The fourth-order valence-corrected chi connectivity index (χ4v) is 3.05. The number of nitrogens with two attached hydrogens (primary N) is 1. The van der Waals surface area contributed by atoms with E-state index in [-0.39, 0.29) is 13.3 Å². The Morgan fingerprint density at radius 3 is 2.10 bits per heavy atom. The quantitative estimate of drug-likeness (QED) is 0.188. The first kappa shape index (κ1) is 21.6. The van der Waals surface area contributed by atoms with Gasteiger partial charge in [-0.2, -0.15) is 0 Å². The molecule has 0 saturated carbocycles. The van der Waals surface area contributed by atoms with Crippen molar-refractivity contribution in [3.63, 3.8) is 0 Å². The van der Waals surface area contributed by atoms with Crippen molar-refractivity contribution in [3.05, 3.63) is 108 Å². The van der Waals surface area contributed by atoms with Crippen LogP contribution in [-0.2, 0) is 6.61 Å². The maximum absolute atomic E-state index is 12.5. The molecule has 31 heavy (non-hydrogen) atoms. The number of nitrogens with one attached hydrogen (secondary N) is 1. The van der Waals surface area contributed by atoms with Crippen LogP contribution in [0.5, 0.6) is 11.5 Å². The summed E-state index contributed by atoms with van der Waals surface area (Å²) in [5.74, 6) is 0.711. The normalized spacial score (nSPS) is 10.2.